The van der Waals surface area contributed by atoms with E-state index < -0.39 is 0 Å². The van der Waals surface area contributed by atoms with Crippen LogP contribution in [0.1, 0.15) is 28.1 Å². The molecule has 1 atom stereocenters. The van der Waals surface area contributed by atoms with Crippen LogP contribution in [-0.4, -0.2) is 74.5 Å². The number of halogens is 1. The van der Waals surface area contributed by atoms with Crippen LogP contribution in [0.25, 0.3) is 15.2 Å². The zero-order chi connectivity index (χ0) is 26.3. The summed E-state index contributed by atoms with van der Waals surface area (Å²) >= 11 is 9.67. The Bertz CT molecular complexity index is 1630. The van der Waals surface area contributed by atoms with Crippen molar-refractivity contribution < 1.29 is 14.3 Å². The van der Waals surface area contributed by atoms with E-state index in [2.05, 4.69) is 20.4 Å². The number of thiazole rings is 2. The van der Waals surface area contributed by atoms with Crippen molar-refractivity contribution in [2.45, 2.75) is 19.0 Å². The van der Waals surface area contributed by atoms with Gasteiger partial charge in [0.05, 0.1) is 40.5 Å². The van der Waals surface area contributed by atoms with Crippen LogP contribution in [0.15, 0.2) is 48.0 Å². The van der Waals surface area contributed by atoms with Gasteiger partial charge in [-0.2, -0.15) is 0 Å². The summed E-state index contributed by atoms with van der Waals surface area (Å²) in [6, 6.07) is 11.4. The first-order valence-electron chi connectivity index (χ1n) is 12.8. The number of pyridine rings is 1. The molecule has 200 valence electrons. The maximum Gasteiger partial charge on any atom is 0.261 e. The molecule has 2 aliphatic rings. The van der Waals surface area contributed by atoms with Crippen LogP contribution in [0.4, 0.5) is 0 Å². The molecule has 9 nitrogen and oxygen atoms in total. The lowest BCUT2D eigenvalue weighted by Crippen LogP contribution is -2.43. The van der Waals surface area contributed by atoms with Crippen LogP contribution in [0.3, 0.4) is 0 Å². The van der Waals surface area contributed by atoms with Gasteiger partial charge in [-0.05, 0) is 24.3 Å². The van der Waals surface area contributed by atoms with E-state index in [9.17, 15) is 4.79 Å². The first-order valence-corrected chi connectivity index (χ1v) is 14.9. The minimum absolute atomic E-state index is 0.136. The van der Waals surface area contributed by atoms with Crippen molar-refractivity contribution in [3.8, 4) is 5.75 Å². The average molecular weight is 581 g/mol. The highest BCUT2D eigenvalue weighted by atomic mass is 35.5. The number of ether oxygens (including phenoxy) is 2. The average Bonchev–Trinajstić information content (AvgIpc) is 3.67. The van der Waals surface area contributed by atoms with E-state index in [0.717, 1.165) is 63.6 Å². The minimum Gasteiger partial charge on any atom is -0.481 e. The molecule has 0 N–H and O–H groups in total. The van der Waals surface area contributed by atoms with E-state index in [4.69, 9.17) is 31.0 Å². The summed E-state index contributed by atoms with van der Waals surface area (Å²) in [7, 11) is 0. The van der Waals surface area contributed by atoms with Gasteiger partial charge in [-0.3, -0.25) is 14.1 Å². The Balaban J connectivity index is 1.13. The number of aromatic nitrogens is 4. The third-order valence-corrected chi connectivity index (χ3v) is 9.23. The van der Waals surface area contributed by atoms with E-state index in [1.807, 2.05) is 40.7 Å². The van der Waals surface area contributed by atoms with E-state index >= 15 is 0 Å². The second kappa shape index (κ2) is 10.5. The van der Waals surface area contributed by atoms with E-state index in [-0.39, 0.29) is 23.7 Å². The Morgan fingerprint density at radius 3 is 2.82 bits per heavy atom. The summed E-state index contributed by atoms with van der Waals surface area (Å²) < 4.78 is 14.5. The molecule has 39 heavy (non-hydrogen) atoms. The third-order valence-electron chi connectivity index (χ3n) is 7.11. The molecule has 0 bridgehead atoms. The Hall–Kier alpha value is -3.09. The third kappa shape index (κ3) is 4.78. The molecule has 4 aromatic heterocycles. The summed E-state index contributed by atoms with van der Waals surface area (Å²) in [5.41, 5.74) is 3.80. The predicted molar refractivity (Wildman–Crippen MR) is 151 cm³/mol. The Kier molecular flexibility index (Phi) is 6.69. The Morgan fingerprint density at radius 2 is 1.97 bits per heavy atom. The molecule has 7 rings (SSSR count). The second-order valence-electron chi connectivity index (χ2n) is 9.53. The molecule has 0 saturated carbocycles. The van der Waals surface area contributed by atoms with Gasteiger partial charge in [0.1, 0.15) is 11.0 Å². The van der Waals surface area contributed by atoms with Gasteiger partial charge in [-0.15, -0.1) is 22.7 Å². The molecule has 6 heterocycles. The highest BCUT2D eigenvalue weighted by Crippen LogP contribution is 2.39. The molecule has 1 unspecified atom stereocenters. The fourth-order valence-electron chi connectivity index (χ4n) is 5.22. The lowest BCUT2D eigenvalue weighted by Gasteiger charge is -2.34. The number of carbonyl (C=O) groups excluding carboxylic acids is 1. The number of morpholine rings is 1. The van der Waals surface area contributed by atoms with Crippen LogP contribution in [0.5, 0.6) is 5.75 Å². The molecule has 1 amide bonds. The topological polar surface area (TPSA) is 85.1 Å². The maximum atomic E-state index is 13.7. The van der Waals surface area contributed by atoms with Crippen molar-refractivity contribution >= 4 is 55.4 Å². The lowest BCUT2D eigenvalue weighted by atomic mass is 10.0. The van der Waals surface area contributed by atoms with E-state index in [1.54, 1.807) is 28.7 Å². The molecule has 0 aliphatic carbocycles. The molecule has 12 heteroatoms. The van der Waals surface area contributed by atoms with Gasteiger partial charge in [0.25, 0.3) is 5.91 Å². The summed E-state index contributed by atoms with van der Waals surface area (Å²) in [6.07, 6.45) is 2.69. The molecular weight excluding hydrogens is 556 g/mol. The molecule has 0 spiro atoms. The maximum absolute atomic E-state index is 13.7. The Labute approximate surface area is 237 Å². The Morgan fingerprint density at radius 1 is 1.10 bits per heavy atom. The van der Waals surface area contributed by atoms with Crippen LogP contribution in [0, 0.1) is 0 Å². The molecule has 1 saturated heterocycles. The van der Waals surface area contributed by atoms with Crippen LogP contribution >= 0.6 is 34.3 Å². The van der Waals surface area contributed by atoms with E-state index in [1.165, 1.54) is 0 Å². The molecule has 5 aromatic rings. The first-order chi connectivity index (χ1) is 19.1. The van der Waals surface area contributed by atoms with Gasteiger partial charge in [0, 0.05) is 44.2 Å². The monoisotopic (exact) mass is 580 g/mol. The zero-order valence-electron chi connectivity index (χ0n) is 21.0. The number of fused-ring (bicyclic) bond motifs is 4. The number of rotatable bonds is 6. The largest absolute Gasteiger partial charge is 0.481 e. The number of carbonyl (C=O) groups is 1. The number of nitrogens with zero attached hydrogens (tertiary/aromatic N) is 6. The fraction of sp³-hybridized carbons (Fsp3) is 0.333. The quantitative estimate of drug-likeness (QED) is 0.275. The second-order valence-corrected chi connectivity index (χ2v) is 11.8. The number of hydrogen-bond donors (Lipinski definition) is 0. The van der Waals surface area contributed by atoms with Gasteiger partial charge < -0.3 is 14.4 Å². The lowest BCUT2D eigenvalue weighted by molar-refractivity contribution is -0.135. The van der Waals surface area contributed by atoms with Crippen LogP contribution in [-0.2, 0) is 22.5 Å². The van der Waals surface area contributed by atoms with Gasteiger partial charge >= 0.3 is 0 Å². The van der Waals surface area contributed by atoms with Crippen molar-refractivity contribution in [1.29, 1.82) is 0 Å². The van der Waals surface area contributed by atoms with Crippen molar-refractivity contribution in [2.24, 2.45) is 0 Å². The number of amides is 1. The number of hydrogen-bond acceptors (Lipinski definition) is 9. The minimum atomic E-state index is -0.351. The number of para-hydroxylation sites is 1. The fourth-order valence-corrected chi connectivity index (χ4v) is 7.27. The predicted octanol–water partition coefficient (Wildman–Crippen LogP) is 4.44. The van der Waals surface area contributed by atoms with Gasteiger partial charge in [0.2, 0.25) is 0 Å². The standard InChI is InChI=1S/C27H25ClN6O3S2/c28-25-20(6-5-17(29-25)15-32-9-12-36-13-10-32)37-16-22(35)33-8-7-19-23(34-11-14-38-27(34)31-19)24(33)26-30-18-3-1-2-4-21(18)39-26/h1-6,11,14,24H,7-10,12-13,15-16H2. The van der Waals surface area contributed by atoms with Gasteiger partial charge in [0.15, 0.2) is 22.5 Å². The zero-order valence-corrected chi connectivity index (χ0v) is 23.3. The molecule has 1 fully saturated rings. The van der Waals surface area contributed by atoms with Crippen LogP contribution < -0.4 is 4.74 Å². The van der Waals surface area contributed by atoms with Gasteiger partial charge in [-0.25, -0.2) is 15.0 Å². The first kappa shape index (κ1) is 24.9. The van der Waals surface area contributed by atoms with Crippen LogP contribution in [0.2, 0.25) is 5.15 Å². The summed E-state index contributed by atoms with van der Waals surface area (Å²) in [4.78, 5) is 33.0. The molecular formula is C27H25ClN6O3S2. The van der Waals surface area contributed by atoms with Crippen molar-refractivity contribution in [3.05, 3.63) is 75.2 Å². The highest BCUT2D eigenvalue weighted by molar-refractivity contribution is 7.18. The van der Waals surface area contributed by atoms with Gasteiger partial charge in [-0.1, -0.05) is 23.7 Å². The number of benzene rings is 1. The SMILES string of the molecule is O=C(COc1ccc(CN2CCOCC2)nc1Cl)N1CCc2nc3sccn3c2C1c1nc2ccccc2s1. The summed E-state index contributed by atoms with van der Waals surface area (Å²) in [5, 5.41) is 3.14. The summed E-state index contributed by atoms with van der Waals surface area (Å²) in [6.45, 7) is 4.28. The smallest absolute Gasteiger partial charge is 0.261 e. The molecule has 0 radical (unpaired) electrons. The van der Waals surface area contributed by atoms with Crippen molar-refractivity contribution in [1.82, 2.24) is 29.2 Å². The summed E-state index contributed by atoms with van der Waals surface area (Å²) in [5.74, 6) is 0.262. The van der Waals surface area contributed by atoms with Crippen molar-refractivity contribution in [3.63, 3.8) is 0 Å². The number of imidazole rings is 1. The van der Waals surface area contributed by atoms with Crippen molar-refractivity contribution in [2.75, 3.05) is 39.5 Å². The molecule has 2 aliphatic heterocycles. The normalized spacial score (nSPS) is 18.1. The van der Waals surface area contributed by atoms with E-state index in [0.29, 0.717) is 25.3 Å². The molecule has 1 aromatic carbocycles. The highest BCUT2D eigenvalue weighted by Gasteiger charge is 2.38.